The second kappa shape index (κ2) is 7.53. The van der Waals surface area contributed by atoms with Gasteiger partial charge in [-0.3, -0.25) is 0 Å². The van der Waals surface area contributed by atoms with Crippen molar-refractivity contribution in [1.29, 1.82) is 0 Å². The van der Waals surface area contributed by atoms with Crippen molar-refractivity contribution in [2.45, 2.75) is 0 Å². The molecule has 0 amide bonds. The predicted octanol–water partition coefficient (Wildman–Crippen LogP) is 5.17. The van der Waals surface area contributed by atoms with E-state index in [1.165, 1.54) is 24.3 Å². The Morgan fingerprint density at radius 3 is 1.73 bits per heavy atom. The van der Waals surface area contributed by atoms with Crippen LogP contribution in [0.2, 0.25) is 20.1 Å². The fraction of sp³-hybridized carbons (Fsp3) is 0. The van der Waals surface area contributed by atoms with Gasteiger partial charge < -0.3 is 14.4 Å². The van der Waals surface area contributed by atoms with Crippen molar-refractivity contribution in [2.75, 3.05) is 0 Å². The molecule has 0 aliphatic rings. The Balaban J connectivity index is 2.41. The van der Waals surface area contributed by atoms with Crippen LogP contribution in [0.5, 0.6) is 0 Å². The van der Waals surface area contributed by atoms with Gasteiger partial charge in [0.25, 0.3) is 0 Å². The van der Waals surface area contributed by atoms with Crippen molar-refractivity contribution in [1.82, 2.24) is 0 Å². The first kappa shape index (κ1) is 19.7. The Kier molecular flexibility index (Phi) is 5.72. The van der Waals surface area contributed by atoms with Gasteiger partial charge in [0.05, 0.1) is 0 Å². The summed E-state index contributed by atoms with van der Waals surface area (Å²) in [6, 6.07) is 13.8. The molecule has 0 fully saturated rings. The van der Waals surface area contributed by atoms with E-state index in [-0.39, 0.29) is 15.9 Å². The number of hydrogen-bond donors (Lipinski definition) is 0. The van der Waals surface area contributed by atoms with Gasteiger partial charge >= 0.3 is 0 Å². The van der Waals surface area contributed by atoms with Crippen LogP contribution in [0, 0.1) is 0 Å². The van der Waals surface area contributed by atoms with Crippen molar-refractivity contribution in [3.8, 4) is 22.3 Å². The summed E-state index contributed by atoms with van der Waals surface area (Å²) >= 11 is 24.4. The Labute approximate surface area is 170 Å². The molecular weight excluding hydrogens is 437 g/mol. The molecule has 0 aliphatic carbocycles. The third kappa shape index (κ3) is 3.95. The average molecular weight is 446 g/mol. The summed E-state index contributed by atoms with van der Waals surface area (Å²) in [7, 11) is -5.09. The van der Waals surface area contributed by atoms with Gasteiger partial charge in [-0.2, -0.15) is 0 Å². The number of benzene rings is 3. The average Bonchev–Trinajstić information content (AvgIpc) is 2.54. The van der Waals surface area contributed by atoms with Gasteiger partial charge in [0.2, 0.25) is 0 Å². The van der Waals surface area contributed by atoms with E-state index in [4.69, 9.17) is 46.4 Å². The topological polar surface area (TPSA) is 63.2 Å². The van der Waals surface area contributed by atoms with Crippen molar-refractivity contribution < 1.29 is 14.4 Å². The Morgan fingerprint density at radius 2 is 1.23 bits per heavy atom. The summed E-state index contributed by atoms with van der Waals surface area (Å²) in [5.41, 5.74) is 1.50. The molecular formula is C18H9Cl4O3P-2. The van der Waals surface area contributed by atoms with E-state index >= 15 is 0 Å². The quantitative estimate of drug-likeness (QED) is 0.522. The first-order valence-electron chi connectivity index (χ1n) is 7.25. The molecule has 26 heavy (non-hydrogen) atoms. The number of rotatable bonds is 3. The molecule has 0 spiro atoms. The van der Waals surface area contributed by atoms with E-state index in [2.05, 4.69) is 0 Å². The van der Waals surface area contributed by atoms with Crippen LogP contribution in [-0.4, -0.2) is 0 Å². The molecule has 0 aromatic heterocycles. The zero-order chi connectivity index (χ0) is 19.1. The molecule has 3 aromatic carbocycles. The van der Waals surface area contributed by atoms with Crippen LogP contribution in [-0.2, 0) is 4.57 Å². The minimum atomic E-state index is -5.09. The van der Waals surface area contributed by atoms with Crippen LogP contribution in [0.25, 0.3) is 22.3 Å². The molecule has 3 rings (SSSR count). The van der Waals surface area contributed by atoms with Crippen molar-refractivity contribution in [3.63, 3.8) is 0 Å². The SMILES string of the molecule is O=P([O-])([O-])c1cccc(-c2ccc(Cl)cc2Cl)c1-c1ccc(Cl)cc1Cl. The standard InChI is InChI=1S/C18H11Cl4O3P/c19-10-4-6-12(15(21)8-10)13-2-1-3-17(26(23,24)25)18(13)14-7-5-11(20)9-16(14)22/h1-9H,(H2,23,24,25)/p-2. The second-order valence-electron chi connectivity index (χ2n) is 5.45. The molecule has 0 radical (unpaired) electrons. The molecule has 0 bridgehead atoms. The third-order valence-electron chi connectivity index (χ3n) is 3.76. The van der Waals surface area contributed by atoms with Gasteiger partial charge in [-0.05, 0) is 48.3 Å². The van der Waals surface area contributed by atoms with Gasteiger partial charge in [0.1, 0.15) is 0 Å². The summed E-state index contributed by atoms with van der Waals surface area (Å²) < 4.78 is 11.9. The fourth-order valence-electron chi connectivity index (χ4n) is 2.68. The predicted molar refractivity (Wildman–Crippen MR) is 105 cm³/mol. The molecule has 3 nitrogen and oxygen atoms in total. The lowest BCUT2D eigenvalue weighted by molar-refractivity contribution is -0.307. The summed E-state index contributed by atoms with van der Waals surface area (Å²) in [6.45, 7) is 0. The van der Waals surface area contributed by atoms with Gasteiger partial charge in [-0.15, -0.1) is 0 Å². The largest absolute Gasteiger partial charge is 0.807 e. The maximum Gasteiger partial charge on any atom is 0.0499 e. The molecule has 8 heteroatoms. The van der Waals surface area contributed by atoms with Gasteiger partial charge in [0.15, 0.2) is 0 Å². The molecule has 134 valence electrons. The monoisotopic (exact) mass is 444 g/mol. The lowest BCUT2D eigenvalue weighted by Crippen LogP contribution is -2.26. The normalized spacial score (nSPS) is 11.6. The van der Waals surface area contributed by atoms with Crippen LogP contribution in [0.1, 0.15) is 0 Å². The Bertz CT molecular complexity index is 1050. The van der Waals surface area contributed by atoms with Crippen LogP contribution >= 0.6 is 54.0 Å². The number of halogens is 4. The van der Waals surface area contributed by atoms with Gasteiger partial charge in [-0.25, -0.2) is 0 Å². The van der Waals surface area contributed by atoms with Crippen LogP contribution in [0.3, 0.4) is 0 Å². The molecule has 3 aromatic rings. The summed E-state index contributed by atoms with van der Waals surface area (Å²) in [5.74, 6) is 0. The van der Waals surface area contributed by atoms with E-state index in [9.17, 15) is 14.4 Å². The lowest BCUT2D eigenvalue weighted by Gasteiger charge is -2.33. The zero-order valence-electron chi connectivity index (χ0n) is 12.9. The summed E-state index contributed by atoms with van der Waals surface area (Å²) in [4.78, 5) is 23.8. The Hall–Kier alpha value is -1.03. The summed E-state index contributed by atoms with van der Waals surface area (Å²) in [5, 5.41) is 0.969. The molecule has 0 saturated heterocycles. The van der Waals surface area contributed by atoms with Gasteiger partial charge in [-0.1, -0.05) is 76.7 Å². The molecule has 0 N–H and O–H groups in total. The highest BCUT2D eigenvalue weighted by molar-refractivity contribution is 7.57. The van der Waals surface area contributed by atoms with Crippen molar-refractivity contribution >= 4 is 59.3 Å². The molecule has 0 unspecified atom stereocenters. The highest BCUT2D eigenvalue weighted by Gasteiger charge is 2.18. The molecule has 0 heterocycles. The first-order chi connectivity index (χ1) is 12.2. The minimum absolute atomic E-state index is 0.173. The van der Waals surface area contributed by atoms with Crippen molar-refractivity contribution in [2.24, 2.45) is 0 Å². The molecule has 0 atom stereocenters. The lowest BCUT2D eigenvalue weighted by atomic mass is 9.94. The third-order valence-corrected chi connectivity index (χ3v) is 5.82. The molecule has 0 aliphatic heterocycles. The fourth-order valence-corrected chi connectivity index (χ4v) is 4.47. The van der Waals surface area contributed by atoms with Crippen molar-refractivity contribution in [3.05, 3.63) is 74.7 Å². The highest BCUT2D eigenvalue weighted by atomic mass is 35.5. The van der Waals surface area contributed by atoms with E-state index in [0.29, 0.717) is 31.8 Å². The minimum Gasteiger partial charge on any atom is -0.807 e. The summed E-state index contributed by atoms with van der Waals surface area (Å²) in [6.07, 6.45) is 0. The molecule has 0 saturated carbocycles. The van der Waals surface area contributed by atoms with Crippen LogP contribution in [0.4, 0.5) is 0 Å². The maximum absolute atomic E-state index is 11.9. The maximum atomic E-state index is 11.9. The highest BCUT2D eigenvalue weighted by Crippen LogP contribution is 2.42. The van der Waals surface area contributed by atoms with Crippen LogP contribution < -0.4 is 15.1 Å². The number of hydrogen-bond acceptors (Lipinski definition) is 3. The van der Waals surface area contributed by atoms with E-state index in [1.807, 2.05) is 0 Å². The van der Waals surface area contributed by atoms with E-state index in [1.54, 1.807) is 30.3 Å². The first-order valence-corrected chi connectivity index (χ1v) is 10.3. The smallest absolute Gasteiger partial charge is 0.0499 e. The Morgan fingerprint density at radius 1 is 0.692 bits per heavy atom. The van der Waals surface area contributed by atoms with Crippen LogP contribution in [0.15, 0.2) is 54.6 Å². The second-order valence-corrected chi connectivity index (χ2v) is 8.61. The van der Waals surface area contributed by atoms with Gasteiger partial charge in [0, 0.05) is 31.2 Å². The zero-order valence-corrected chi connectivity index (χ0v) is 16.8. The van der Waals surface area contributed by atoms with E-state index in [0.717, 1.165) is 0 Å². The van der Waals surface area contributed by atoms with E-state index < -0.39 is 7.60 Å².